The largest absolute Gasteiger partial charge is 0.481 e. The van der Waals surface area contributed by atoms with Gasteiger partial charge in [0.25, 0.3) is 0 Å². The minimum absolute atomic E-state index is 0.0314. The molecule has 0 aliphatic rings. The lowest BCUT2D eigenvalue weighted by atomic mass is 10.0. The van der Waals surface area contributed by atoms with Gasteiger partial charge in [0, 0.05) is 0 Å². The molecule has 1 unspecified atom stereocenters. The summed E-state index contributed by atoms with van der Waals surface area (Å²) in [6.07, 6.45) is -3.46. The van der Waals surface area contributed by atoms with Gasteiger partial charge < -0.3 is 9.52 Å². The van der Waals surface area contributed by atoms with Gasteiger partial charge in [0.05, 0.1) is 12.3 Å². The Morgan fingerprint density at radius 1 is 1.57 bits per heavy atom. The van der Waals surface area contributed by atoms with E-state index in [1.165, 1.54) is 12.1 Å². The molecule has 0 aromatic carbocycles. The predicted octanol–water partition coefficient (Wildman–Crippen LogP) is 2.76. The van der Waals surface area contributed by atoms with Gasteiger partial charge in [0.15, 0.2) is 5.22 Å². The number of carboxylic acid groups (broad SMARTS) is 1. The van der Waals surface area contributed by atoms with Crippen LogP contribution >= 0.6 is 11.6 Å². The van der Waals surface area contributed by atoms with Crippen LogP contribution in [0.3, 0.4) is 0 Å². The van der Waals surface area contributed by atoms with Gasteiger partial charge in [-0.05, 0) is 23.7 Å². The Kier molecular flexibility index (Phi) is 3.46. The van der Waals surface area contributed by atoms with Crippen molar-refractivity contribution in [3.63, 3.8) is 0 Å². The summed E-state index contributed by atoms with van der Waals surface area (Å²) in [7, 11) is 0. The normalized spacial score (nSPS) is 13.1. The maximum absolute atomic E-state index is 12.4. The molecule has 1 N–H and O–H groups in total. The smallest absolute Gasteiger partial charge is 0.304 e. The molecular weight excluding hydrogens is 218 g/mol. The van der Waals surface area contributed by atoms with Gasteiger partial charge in [-0.15, -0.1) is 0 Å². The highest BCUT2D eigenvalue weighted by molar-refractivity contribution is 6.28. The van der Waals surface area contributed by atoms with Crippen LogP contribution in [0.25, 0.3) is 0 Å². The quantitative estimate of drug-likeness (QED) is 0.856. The molecule has 0 aliphatic carbocycles. The zero-order valence-corrected chi connectivity index (χ0v) is 7.67. The van der Waals surface area contributed by atoms with Crippen molar-refractivity contribution < 1.29 is 23.1 Å². The number of hydrogen-bond acceptors (Lipinski definition) is 2. The lowest BCUT2D eigenvalue weighted by molar-refractivity contribution is -0.138. The van der Waals surface area contributed by atoms with Crippen LogP contribution in [0.4, 0.5) is 8.78 Å². The van der Waals surface area contributed by atoms with E-state index in [1.54, 1.807) is 0 Å². The molecule has 0 saturated carbocycles. The Morgan fingerprint density at radius 2 is 2.21 bits per heavy atom. The molecule has 0 aliphatic heterocycles. The monoisotopic (exact) mass is 224 g/mol. The second-order valence-electron chi connectivity index (χ2n) is 2.68. The van der Waals surface area contributed by atoms with E-state index in [2.05, 4.69) is 0 Å². The molecule has 3 nitrogen and oxygen atoms in total. The lowest BCUT2D eigenvalue weighted by Gasteiger charge is -2.09. The SMILES string of the molecule is O=C(O)CC(c1ccc(Cl)o1)C(F)F. The van der Waals surface area contributed by atoms with Crippen LogP contribution in [0.2, 0.25) is 5.22 Å². The van der Waals surface area contributed by atoms with E-state index in [-0.39, 0.29) is 11.0 Å². The summed E-state index contributed by atoms with van der Waals surface area (Å²) in [5, 5.41) is 8.36. The number of aliphatic carboxylic acids is 1. The number of halogens is 3. The van der Waals surface area contributed by atoms with E-state index in [1.807, 2.05) is 0 Å². The van der Waals surface area contributed by atoms with Crippen molar-refractivity contribution in [2.75, 3.05) is 0 Å². The average Bonchev–Trinajstić information content (AvgIpc) is 2.46. The Labute approximate surface area is 83.3 Å². The molecule has 0 spiro atoms. The predicted molar refractivity (Wildman–Crippen MR) is 44.7 cm³/mol. The topological polar surface area (TPSA) is 50.4 Å². The van der Waals surface area contributed by atoms with Gasteiger partial charge in [-0.1, -0.05) is 0 Å². The van der Waals surface area contributed by atoms with Gasteiger partial charge in [-0.2, -0.15) is 0 Å². The number of hydrogen-bond donors (Lipinski definition) is 1. The lowest BCUT2D eigenvalue weighted by Crippen LogP contribution is -2.13. The fourth-order valence-electron chi connectivity index (χ4n) is 1.03. The number of carboxylic acids is 1. The Hall–Kier alpha value is -1.10. The summed E-state index contributed by atoms with van der Waals surface area (Å²) >= 11 is 5.39. The molecule has 1 rings (SSSR count). The number of carbonyl (C=O) groups is 1. The second-order valence-corrected chi connectivity index (χ2v) is 3.05. The van der Waals surface area contributed by atoms with Crippen LogP contribution in [0.15, 0.2) is 16.5 Å². The molecule has 0 fully saturated rings. The molecule has 1 aromatic rings. The van der Waals surface area contributed by atoms with E-state index in [0.29, 0.717) is 0 Å². The maximum atomic E-state index is 12.4. The fraction of sp³-hybridized carbons (Fsp3) is 0.375. The van der Waals surface area contributed by atoms with Crippen LogP contribution in [-0.4, -0.2) is 17.5 Å². The molecule has 0 saturated heterocycles. The first-order chi connectivity index (χ1) is 6.50. The standard InChI is InChI=1S/C8H7ClF2O3/c9-6-2-1-5(14-6)4(8(10)11)3-7(12)13/h1-2,4,8H,3H2,(H,12,13). The minimum Gasteiger partial charge on any atom is -0.481 e. The number of alkyl halides is 2. The van der Waals surface area contributed by atoms with Crippen LogP contribution in [-0.2, 0) is 4.79 Å². The summed E-state index contributed by atoms with van der Waals surface area (Å²) in [5.41, 5.74) is 0. The van der Waals surface area contributed by atoms with Gasteiger partial charge in [0.2, 0.25) is 6.43 Å². The van der Waals surface area contributed by atoms with E-state index in [0.717, 1.165) is 0 Å². The minimum atomic E-state index is -2.78. The molecule has 0 radical (unpaired) electrons. The maximum Gasteiger partial charge on any atom is 0.304 e. The van der Waals surface area contributed by atoms with Crippen molar-refractivity contribution in [3.05, 3.63) is 23.1 Å². The fourth-order valence-corrected chi connectivity index (χ4v) is 1.18. The Morgan fingerprint density at radius 3 is 2.57 bits per heavy atom. The van der Waals surface area contributed by atoms with Crippen molar-refractivity contribution >= 4 is 17.6 Å². The Balaban J connectivity index is 2.82. The van der Waals surface area contributed by atoms with Gasteiger partial charge in [0.1, 0.15) is 5.76 Å². The molecule has 1 heterocycles. The first-order valence-electron chi connectivity index (χ1n) is 3.76. The molecule has 0 bridgehead atoms. The number of rotatable bonds is 4. The van der Waals surface area contributed by atoms with Gasteiger partial charge >= 0.3 is 5.97 Å². The summed E-state index contributed by atoms with van der Waals surface area (Å²) in [6, 6.07) is 2.55. The summed E-state index contributed by atoms with van der Waals surface area (Å²) in [5.74, 6) is -2.85. The second kappa shape index (κ2) is 4.41. The molecule has 1 atom stereocenters. The highest BCUT2D eigenvalue weighted by Crippen LogP contribution is 2.29. The third kappa shape index (κ3) is 2.70. The first-order valence-corrected chi connectivity index (χ1v) is 4.13. The first kappa shape index (κ1) is 11.0. The van der Waals surface area contributed by atoms with Crippen molar-refractivity contribution in [1.29, 1.82) is 0 Å². The molecular formula is C8H7ClF2O3. The van der Waals surface area contributed by atoms with E-state index in [9.17, 15) is 13.6 Å². The molecule has 78 valence electrons. The van der Waals surface area contributed by atoms with Crippen molar-refractivity contribution in [3.8, 4) is 0 Å². The molecule has 1 aromatic heterocycles. The van der Waals surface area contributed by atoms with Gasteiger partial charge in [-0.3, -0.25) is 4.79 Å². The zero-order valence-electron chi connectivity index (χ0n) is 6.91. The third-order valence-electron chi connectivity index (χ3n) is 1.66. The van der Waals surface area contributed by atoms with Crippen LogP contribution in [0.5, 0.6) is 0 Å². The van der Waals surface area contributed by atoms with Gasteiger partial charge in [-0.25, -0.2) is 8.78 Å². The molecule has 14 heavy (non-hydrogen) atoms. The van der Waals surface area contributed by atoms with Crippen molar-refractivity contribution in [2.24, 2.45) is 0 Å². The molecule has 6 heteroatoms. The average molecular weight is 225 g/mol. The number of furan rings is 1. The van der Waals surface area contributed by atoms with E-state index >= 15 is 0 Å². The van der Waals surface area contributed by atoms with Crippen LogP contribution < -0.4 is 0 Å². The van der Waals surface area contributed by atoms with E-state index < -0.39 is 24.7 Å². The van der Waals surface area contributed by atoms with Crippen molar-refractivity contribution in [1.82, 2.24) is 0 Å². The zero-order chi connectivity index (χ0) is 10.7. The van der Waals surface area contributed by atoms with Crippen molar-refractivity contribution in [2.45, 2.75) is 18.8 Å². The van der Waals surface area contributed by atoms with Crippen LogP contribution in [0, 0.1) is 0 Å². The molecule has 0 amide bonds. The Bertz CT molecular complexity index is 324. The van der Waals surface area contributed by atoms with E-state index in [4.69, 9.17) is 21.1 Å². The summed E-state index contributed by atoms with van der Waals surface area (Å²) in [4.78, 5) is 10.3. The summed E-state index contributed by atoms with van der Waals surface area (Å²) in [6.45, 7) is 0. The highest BCUT2D eigenvalue weighted by atomic mass is 35.5. The third-order valence-corrected chi connectivity index (χ3v) is 1.86. The summed E-state index contributed by atoms with van der Waals surface area (Å²) < 4.78 is 29.5. The van der Waals surface area contributed by atoms with Crippen LogP contribution in [0.1, 0.15) is 18.1 Å². The highest BCUT2D eigenvalue weighted by Gasteiger charge is 2.28.